The number of rotatable bonds is 3. The lowest BCUT2D eigenvalue weighted by atomic mass is 10.2. The van der Waals surface area contributed by atoms with Crippen molar-refractivity contribution in [3.8, 4) is 6.07 Å². The lowest BCUT2D eigenvalue weighted by Crippen LogP contribution is -2.06. The second-order valence-corrected chi connectivity index (χ2v) is 5.67. The molecule has 2 aromatic heterocycles. The number of hydrogen-bond acceptors (Lipinski definition) is 4. The summed E-state index contributed by atoms with van der Waals surface area (Å²) in [7, 11) is 0. The van der Waals surface area contributed by atoms with Gasteiger partial charge in [0.2, 0.25) is 0 Å². The maximum Gasteiger partial charge on any atom is 0.417 e. The van der Waals surface area contributed by atoms with Crippen molar-refractivity contribution in [2.45, 2.75) is 17.1 Å². The highest BCUT2D eigenvalue weighted by Crippen LogP contribution is 2.30. The third-order valence-corrected chi connectivity index (χ3v) is 4.14. The number of pyridine rings is 1. The second kappa shape index (κ2) is 5.93. The molecule has 0 unspecified atom stereocenters. The molecule has 1 aromatic carbocycles. The Morgan fingerprint density at radius 3 is 2.74 bits per heavy atom. The molecule has 0 aliphatic carbocycles. The topological polar surface area (TPSA) is 54.0 Å². The Kier molecular flexibility index (Phi) is 3.96. The van der Waals surface area contributed by atoms with Crippen molar-refractivity contribution in [3.05, 3.63) is 59.3 Å². The van der Waals surface area contributed by atoms with Crippen molar-refractivity contribution in [2.24, 2.45) is 0 Å². The molecule has 0 fully saturated rings. The molecule has 0 aliphatic rings. The van der Waals surface area contributed by atoms with Gasteiger partial charge in [0.05, 0.1) is 17.2 Å². The summed E-state index contributed by atoms with van der Waals surface area (Å²) >= 11 is 1.26. The maximum atomic E-state index is 12.8. The number of benzene rings is 1. The van der Waals surface area contributed by atoms with Gasteiger partial charge in [-0.3, -0.25) is 4.40 Å². The highest BCUT2D eigenvalue weighted by molar-refractivity contribution is 7.98. The molecule has 116 valence electrons. The Bertz CT molecular complexity index is 896. The summed E-state index contributed by atoms with van der Waals surface area (Å²) in [6, 6.07) is 11.3. The Morgan fingerprint density at radius 1 is 1.17 bits per heavy atom. The summed E-state index contributed by atoms with van der Waals surface area (Å²) < 4.78 is 39.7. The van der Waals surface area contributed by atoms with E-state index in [1.165, 1.54) is 22.2 Å². The zero-order chi connectivity index (χ0) is 16.4. The first-order valence-electron chi connectivity index (χ1n) is 6.51. The zero-order valence-corrected chi connectivity index (χ0v) is 12.4. The summed E-state index contributed by atoms with van der Waals surface area (Å²) in [5, 5.41) is 17.0. The van der Waals surface area contributed by atoms with Gasteiger partial charge in [0, 0.05) is 11.9 Å². The number of fused-ring (bicyclic) bond motifs is 1. The molecule has 8 heteroatoms. The van der Waals surface area contributed by atoms with Gasteiger partial charge < -0.3 is 0 Å². The van der Waals surface area contributed by atoms with E-state index in [9.17, 15) is 13.2 Å². The van der Waals surface area contributed by atoms with Crippen molar-refractivity contribution in [2.75, 3.05) is 0 Å². The largest absolute Gasteiger partial charge is 0.417 e. The van der Waals surface area contributed by atoms with Crippen LogP contribution in [0.1, 0.15) is 16.7 Å². The summed E-state index contributed by atoms with van der Waals surface area (Å²) in [6.45, 7) is 0. The lowest BCUT2D eigenvalue weighted by Gasteiger charge is -2.07. The summed E-state index contributed by atoms with van der Waals surface area (Å²) in [5.74, 6) is 0.479. The summed E-state index contributed by atoms with van der Waals surface area (Å²) in [5.41, 5.74) is 1.02. The van der Waals surface area contributed by atoms with Crippen molar-refractivity contribution >= 4 is 17.4 Å². The van der Waals surface area contributed by atoms with Crippen LogP contribution in [0.2, 0.25) is 0 Å². The van der Waals surface area contributed by atoms with Gasteiger partial charge >= 0.3 is 6.18 Å². The van der Waals surface area contributed by atoms with Gasteiger partial charge in [0.15, 0.2) is 10.8 Å². The predicted octanol–water partition coefficient (Wildman–Crippen LogP) is 3.91. The van der Waals surface area contributed by atoms with Crippen LogP contribution in [0.4, 0.5) is 13.2 Å². The van der Waals surface area contributed by atoms with Crippen LogP contribution in [-0.2, 0) is 11.9 Å². The van der Waals surface area contributed by atoms with Crippen LogP contribution in [0, 0.1) is 11.3 Å². The minimum absolute atomic E-state index is 0.353. The Labute approximate surface area is 133 Å². The van der Waals surface area contributed by atoms with E-state index in [0.717, 1.165) is 17.8 Å². The Morgan fingerprint density at radius 2 is 2.00 bits per heavy atom. The van der Waals surface area contributed by atoms with Crippen LogP contribution in [0.15, 0.2) is 47.8 Å². The molecule has 0 saturated carbocycles. The molecular weight excluding hydrogens is 325 g/mol. The number of nitrogens with zero attached hydrogens (tertiary/aromatic N) is 4. The average Bonchev–Trinajstić information content (AvgIpc) is 2.94. The summed E-state index contributed by atoms with van der Waals surface area (Å²) in [4.78, 5) is 0. The first-order valence-corrected chi connectivity index (χ1v) is 7.50. The fourth-order valence-corrected chi connectivity index (χ4v) is 2.87. The average molecular weight is 334 g/mol. The second-order valence-electron chi connectivity index (χ2n) is 4.73. The van der Waals surface area contributed by atoms with E-state index in [2.05, 4.69) is 10.2 Å². The summed E-state index contributed by atoms with van der Waals surface area (Å²) in [6.07, 6.45) is -3.43. The highest BCUT2D eigenvalue weighted by Gasteiger charge is 2.31. The molecule has 3 rings (SSSR count). The van der Waals surface area contributed by atoms with Crippen molar-refractivity contribution in [1.82, 2.24) is 14.6 Å². The minimum Gasteiger partial charge on any atom is -0.277 e. The molecule has 0 atom stereocenters. The third kappa shape index (κ3) is 3.29. The van der Waals surface area contributed by atoms with E-state index in [1.54, 1.807) is 18.2 Å². The minimum atomic E-state index is -4.42. The van der Waals surface area contributed by atoms with E-state index in [4.69, 9.17) is 5.26 Å². The van der Waals surface area contributed by atoms with Crippen LogP contribution in [0.3, 0.4) is 0 Å². The number of aromatic nitrogens is 3. The van der Waals surface area contributed by atoms with Gasteiger partial charge in [-0.2, -0.15) is 18.4 Å². The molecule has 2 heterocycles. The van der Waals surface area contributed by atoms with Crippen molar-refractivity contribution in [3.63, 3.8) is 0 Å². The molecular formula is C15H9F3N4S. The van der Waals surface area contributed by atoms with Gasteiger partial charge in [-0.1, -0.05) is 23.9 Å². The highest BCUT2D eigenvalue weighted by atomic mass is 32.2. The first kappa shape index (κ1) is 15.4. The van der Waals surface area contributed by atoms with Gasteiger partial charge in [0.1, 0.15) is 0 Å². The Balaban J connectivity index is 1.86. The number of nitriles is 1. The molecule has 3 aromatic rings. The first-order chi connectivity index (χ1) is 11.0. The van der Waals surface area contributed by atoms with Gasteiger partial charge in [-0.15, -0.1) is 10.2 Å². The lowest BCUT2D eigenvalue weighted by molar-refractivity contribution is -0.137. The normalized spacial score (nSPS) is 11.6. The Hall–Kier alpha value is -2.53. The van der Waals surface area contributed by atoms with Crippen molar-refractivity contribution in [1.29, 1.82) is 5.26 Å². The predicted molar refractivity (Wildman–Crippen MR) is 78.7 cm³/mol. The van der Waals surface area contributed by atoms with Gasteiger partial charge in [-0.05, 0) is 29.8 Å². The van der Waals surface area contributed by atoms with Crippen molar-refractivity contribution < 1.29 is 13.2 Å². The van der Waals surface area contributed by atoms with Gasteiger partial charge in [-0.25, -0.2) is 0 Å². The molecule has 4 nitrogen and oxygen atoms in total. The third-order valence-electron chi connectivity index (χ3n) is 3.12. The van der Waals surface area contributed by atoms with Crippen LogP contribution >= 0.6 is 11.8 Å². The fourth-order valence-electron chi connectivity index (χ4n) is 2.01. The molecule has 0 aliphatic heterocycles. The zero-order valence-electron chi connectivity index (χ0n) is 11.6. The van der Waals surface area contributed by atoms with Crippen LogP contribution in [0.5, 0.6) is 0 Å². The fraction of sp³-hybridized carbons (Fsp3) is 0.133. The van der Waals surface area contributed by atoms with E-state index in [-0.39, 0.29) is 0 Å². The van der Waals surface area contributed by atoms with Crippen LogP contribution in [0.25, 0.3) is 5.65 Å². The number of hydrogen-bond donors (Lipinski definition) is 0. The molecule has 0 N–H and O–H groups in total. The number of thioether (sulfide) groups is 1. The smallest absolute Gasteiger partial charge is 0.277 e. The van der Waals surface area contributed by atoms with Gasteiger partial charge in [0.25, 0.3) is 0 Å². The van der Waals surface area contributed by atoms with E-state index in [1.807, 2.05) is 12.1 Å². The number of alkyl halides is 3. The van der Waals surface area contributed by atoms with Crippen LogP contribution < -0.4 is 0 Å². The molecule has 0 bridgehead atoms. The standard InChI is InChI=1S/C15H9F3N4S/c16-15(17,18)12-4-5-13-20-21-14(22(13)8-12)23-9-11-3-1-2-10(6-11)7-19/h1-6,8H,9H2. The SMILES string of the molecule is N#Cc1cccc(CSc2nnc3ccc(C(F)(F)F)cn23)c1. The van der Waals surface area contributed by atoms with E-state index < -0.39 is 11.7 Å². The molecule has 0 radical (unpaired) electrons. The number of halogens is 3. The molecule has 0 amide bonds. The molecule has 0 saturated heterocycles. The monoisotopic (exact) mass is 334 g/mol. The van der Waals surface area contributed by atoms with E-state index in [0.29, 0.717) is 22.1 Å². The molecule has 0 spiro atoms. The van der Waals surface area contributed by atoms with E-state index >= 15 is 0 Å². The molecule has 23 heavy (non-hydrogen) atoms. The van der Waals surface area contributed by atoms with Crippen LogP contribution in [-0.4, -0.2) is 14.6 Å². The quantitative estimate of drug-likeness (QED) is 0.682. The maximum absolute atomic E-state index is 12.8.